The minimum atomic E-state index is 0.992. The average Bonchev–Trinajstić information content (AvgIpc) is 2.57. The summed E-state index contributed by atoms with van der Waals surface area (Å²) in [5.74, 6) is 0. The van der Waals surface area contributed by atoms with Gasteiger partial charge in [-0.25, -0.2) is 0 Å². The molecule has 0 amide bonds. The normalized spacial score (nSPS) is 14.6. The fourth-order valence-electron chi connectivity index (χ4n) is 1.76. The zero-order valence-electron chi connectivity index (χ0n) is 8.90. The molecular weight excluding hydrogens is 182 g/mol. The van der Waals surface area contributed by atoms with Crippen molar-refractivity contribution in [3.05, 3.63) is 60.2 Å². The van der Waals surface area contributed by atoms with Crippen molar-refractivity contribution >= 4 is 11.3 Å². The monoisotopic (exact) mass is 197 g/mol. The molecule has 1 aromatic rings. The van der Waals surface area contributed by atoms with E-state index in [4.69, 9.17) is 0 Å². The van der Waals surface area contributed by atoms with Gasteiger partial charge in [0.2, 0.25) is 0 Å². The number of anilines is 1. The van der Waals surface area contributed by atoms with Gasteiger partial charge in [0.05, 0.1) is 0 Å². The van der Waals surface area contributed by atoms with Gasteiger partial charge in [0.15, 0.2) is 0 Å². The van der Waals surface area contributed by atoms with E-state index < -0.39 is 0 Å². The van der Waals surface area contributed by atoms with Gasteiger partial charge in [-0.3, -0.25) is 0 Å². The molecule has 1 N–H and O–H groups in total. The van der Waals surface area contributed by atoms with E-state index in [0.717, 1.165) is 6.42 Å². The van der Waals surface area contributed by atoms with E-state index in [2.05, 4.69) is 60.0 Å². The van der Waals surface area contributed by atoms with Crippen molar-refractivity contribution < 1.29 is 0 Å². The fraction of sp³-hybridized carbons (Fsp3) is 0.143. The Kier molecular flexibility index (Phi) is 3.03. The summed E-state index contributed by atoms with van der Waals surface area (Å²) >= 11 is 0. The molecular formula is C14H15N. The molecule has 0 saturated carbocycles. The highest BCUT2D eigenvalue weighted by Crippen LogP contribution is 2.27. The number of hydrogen-bond acceptors (Lipinski definition) is 1. The molecule has 1 aliphatic rings. The van der Waals surface area contributed by atoms with Gasteiger partial charge in [-0.05, 0) is 18.1 Å². The summed E-state index contributed by atoms with van der Waals surface area (Å²) in [6, 6.07) is 8.40. The molecule has 0 unspecified atom stereocenters. The van der Waals surface area contributed by atoms with Crippen LogP contribution in [0.15, 0.2) is 54.6 Å². The lowest BCUT2D eigenvalue weighted by Crippen LogP contribution is -1.94. The topological polar surface area (TPSA) is 12.0 Å². The molecule has 0 saturated heterocycles. The number of benzene rings is 1. The molecule has 0 heterocycles. The van der Waals surface area contributed by atoms with Gasteiger partial charge in [-0.2, -0.15) is 0 Å². The van der Waals surface area contributed by atoms with E-state index in [1.165, 1.54) is 16.8 Å². The van der Waals surface area contributed by atoms with Crippen LogP contribution in [0.5, 0.6) is 0 Å². The summed E-state index contributed by atoms with van der Waals surface area (Å²) in [7, 11) is 1.96. The van der Waals surface area contributed by atoms with Crippen LogP contribution in [0.25, 0.3) is 5.57 Å². The van der Waals surface area contributed by atoms with E-state index in [-0.39, 0.29) is 0 Å². The second-order valence-corrected chi connectivity index (χ2v) is 3.50. The van der Waals surface area contributed by atoms with Crippen molar-refractivity contribution in [2.24, 2.45) is 0 Å². The first-order chi connectivity index (χ1) is 7.42. The van der Waals surface area contributed by atoms with E-state index in [1.54, 1.807) is 0 Å². The van der Waals surface area contributed by atoms with Crippen LogP contribution in [0.3, 0.4) is 0 Å². The zero-order chi connectivity index (χ0) is 10.5. The largest absolute Gasteiger partial charge is 0.388 e. The average molecular weight is 197 g/mol. The summed E-state index contributed by atoms with van der Waals surface area (Å²) in [4.78, 5) is 0. The molecule has 0 spiro atoms. The number of nitrogens with one attached hydrogen (secondary N) is 1. The van der Waals surface area contributed by atoms with Gasteiger partial charge in [0.1, 0.15) is 0 Å². The fourth-order valence-corrected chi connectivity index (χ4v) is 1.76. The molecule has 1 nitrogen and oxygen atoms in total. The predicted octanol–water partition coefficient (Wildman–Crippen LogP) is 3.63. The predicted molar refractivity (Wildman–Crippen MR) is 66.9 cm³/mol. The quantitative estimate of drug-likeness (QED) is 0.763. The van der Waals surface area contributed by atoms with Crippen LogP contribution < -0.4 is 5.32 Å². The van der Waals surface area contributed by atoms with Crippen molar-refractivity contribution in [1.82, 2.24) is 0 Å². The van der Waals surface area contributed by atoms with Gasteiger partial charge in [-0.1, -0.05) is 48.6 Å². The van der Waals surface area contributed by atoms with Crippen LogP contribution in [0.4, 0.5) is 5.69 Å². The van der Waals surface area contributed by atoms with E-state index in [1.807, 2.05) is 7.05 Å². The Balaban J connectivity index is 2.40. The Morgan fingerprint density at radius 2 is 1.93 bits per heavy atom. The minimum absolute atomic E-state index is 0.992. The highest BCUT2D eigenvalue weighted by molar-refractivity contribution is 5.78. The van der Waals surface area contributed by atoms with E-state index in [0.29, 0.717) is 0 Å². The molecule has 0 atom stereocenters. The summed E-state index contributed by atoms with van der Waals surface area (Å²) < 4.78 is 0. The molecule has 0 aromatic heterocycles. The van der Waals surface area contributed by atoms with Gasteiger partial charge in [-0.15, -0.1) is 0 Å². The molecule has 1 heteroatoms. The lowest BCUT2D eigenvalue weighted by molar-refractivity contribution is 1.38. The van der Waals surface area contributed by atoms with Gasteiger partial charge in [0.25, 0.3) is 0 Å². The first-order valence-corrected chi connectivity index (χ1v) is 5.21. The van der Waals surface area contributed by atoms with Crippen LogP contribution in [0, 0.1) is 0 Å². The van der Waals surface area contributed by atoms with Crippen LogP contribution in [-0.4, -0.2) is 7.05 Å². The van der Waals surface area contributed by atoms with Crippen molar-refractivity contribution in [3.8, 4) is 0 Å². The van der Waals surface area contributed by atoms with Crippen LogP contribution in [0.1, 0.15) is 12.0 Å². The highest BCUT2D eigenvalue weighted by Gasteiger charge is 2.04. The number of allylic oxidation sites excluding steroid dienone is 6. The maximum Gasteiger partial charge on any atom is 0.0414 e. The second kappa shape index (κ2) is 4.65. The Bertz CT molecular complexity index is 425. The highest BCUT2D eigenvalue weighted by atomic mass is 14.8. The molecule has 0 aliphatic heterocycles. The van der Waals surface area contributed by atoms with Crippen LogP contribution >= 0.6 is 0 Å². The van der Waals surface area contributed by atoms with Crippen molar-refractivity contribution in [3.63, 3.8) is 0 Å². The summed E-state index contributed by atoms with van der Waals surface area (Å²) in [6.07, 6.45) is 11.6. The first kappa shape index (κ1) is 9.78. The van der Waals surface area contributed by atoms with Crippen molar-refractivity contribution in [2.45, 2.75) is 6.42 Å². The zero-order valence-corrected chi connectivity index (χ0v) is 8.90. The maximum absolute atomic E-state index is 3.22. The molecule has 15 heavy (non-hydrogen) atoms. The van der Waals surface area contributed by atoms with Gasteiger partial charge >= 0.3 is 0 Å². The first-order valence-electron chi connectivity index (χ1n) is 5.21. The van der Waals surface area contributed by atoms with E-state index >= 15 is 0 Å². The smallest absolute Gasteiger partial charge is 0.0414 e. The third kappa shape index (κ3) is 2.18. The summed E-state index contributed by atoms with van der Waals surface area (Å²) in [5.41, 5.74) is 3.83. The Hall–Kier alpha value is -1.76. The number of rotatable bonds is 2. The molecule has 1 aromatic carbocycles. The lowest BCUT2D eigenvalue weighted by Gasteiger charge is -2.10. The van der Waals surface area contributed by atoms with Crippen molar-refractivity contribution in [1.29, 1.82) is 0 Å². The molecule has 1 aliphatic carbocycles. The standard InChI is InChI=1S/C14H15N/c1-15-14-11-7-6-10-13(14)12-8-4-2-3-5-9-12/h2-8,10-11,15H,9H2,1H3. The lowest BCUT2D eigenvalue weighted by atomic mass is 10.0. The Morgan fingerprint density at radius 1 is 1.07 bits per heavy atom. The molecule has 0 bridgehead atoms. The number of para-hydroxylation sites is 1. The third-order valence-corrected chi connectivity index (χ3v) is 2.54. The Labute approximate surface area is 90.8 Å². The van der Waals surface area contributed by atoms with Gasteiger partial charge < -0.3 is 5.32 Å². The molecule has 76 valence electrons. The summed E-state index contributed by atoms with van der Waals surface area (Å²) in [5, 5.41) is 3.22. The Morgan fingerprint density at radius 3 is 2.80 bits per heavy atom. The summed E-state index contributed by atoms with van der Waals surface area (Å²) in [6.45, 7) is 0. The number of hydrogen-bond donors (Lipinski definition) is 1. The van der Waals surface area contributed by atoms with Crippen LogP contribution in [-0.2, 0) is 0 Å². The van der Waals surface area contributed by atoms with E-state index in [9.17, 15) is 0 Å². The molecule has 0 radical (unpaired) electrons. The van der Waals surface area contributed by atoms with Gasteiger partial charge in [0, 0.05) is 18.3 Å². The maximum atomic E-state index is 3.22. The molecule has 2 rings (SSSR count). The SMILES string of the molecule is CNc1ccccc1C1=CC=CC=CC1. The second-order valence-electron chi connectivity index (χ2n) is 3.50. The van der Waals surface area contributed by atoms with Crippen LogP contribution in [0.2, 0.25) is 0 Å². The minimum Gasteiger partial charge on any atom is -0.388 e. The van der Waals surface area contributed by atoms with Crippen molar-refractivity contribution in [2.75, 3.05) is 12.4 Å². The third-order valence-electron chi connectivity index (χ3n) is 2.54. The molecule has 0 fully saturated rings.